The average molecular weight is 606 g/mol. The molecule has 1 saturated heterocycles. The summed E-state index contributed by atoms with van der Waals surface area (Å²) in [5.41, 5.74) is 4.22. The second-order valence-electron chi connectivity index (χ2n) is 8.85. The number of aryl methyl sites for hydroxylation is 1. The van der Waals surface area contributed by atoms with E-state index in [4.69, 9.17) is 27.9 Å². The molecular formula is C26H25Cl2N5O6S. The standard InChI is InChI=1S/C26H25Cl2N5O6S/c1-18-2-5-24(6-3-18)40(37,38)32(23-14-20(27)13-21(28)15-23)17-26(34)30-29-16-19-12-22(33(35)36)4-7-25(19)31-8-10-39-11-9-31/h2-7,12-16H,8-11,17H2,1H3,(H,30,34)/b29-16-. The summed E-state index contributed by atoms with van der Waals surface area (Å²) in [5, 5.41) is 15.7. The molecule has 1 fully saturated rings. The molecule has 0 saturated carbocycles. The van der Waals surface area contributed by atoms with E-state index >= 15 is 0 Å². The lowest BCUT2D eigenvalue weighted by Crippen LogP contribution is -2.39. The van der Waals surface area contributed by atoms with E-state index in [9.17, 15) is 23.3 Å². The summed E-state index contributed by atoms with van der Waals surface area (Å²) in [6, 6.07) is 14.7. The highest BCUT2D eigenvalue weighted by Crippen LogP contribution is 2.30. The summed E-state index contributed by atoms with van der Waals surface area (Å²) in [6.07, 6.45) is 1.28. The number of hydrazone groups is 1. The van der Waals surface area contributed by atoms with Gasteiger partial charge in [0.25, 0.3) is 21.6 Å². The normalized spacial score (nSPS) is 13.8. The molecule has 1 aliphatic heterocycles. The fourth-order valence-electron chi connectivity index (χ4n) is 4.03. The minimum Gasteiger partial charge on any atom is -0.378 e. The SMILES string of the molecule is Cc1ccc(S(=O)(=O)N(CC(=O)N/N=C\c2cc([N+](=O)[O-])ccc2N2CCOCC2)c2cc(Cl)cc(Cl)c2)cc1. The number of halogens is 2. The molecule has 0 aliphatic carbocycles. The fraction of sp³-hybridized carbons (Fsp3) is 0.231. The van der Waals surface area contributed by atoms with Gasteiger partial charge in [-0.15, -0.1) is 0 Å². The first-order valence-electron chi connectivity index (χ1n) is 12.0. The summed E-state index contributed by atoms with van der Waals surface area (Å²) in [4.78, 5) is 25.7. The van der Waals surface area contributed by atoms with Crippen molar-refractivity contribution in [2.24, 2.45) is 5.10 Å². The van der Waals surface area contributed by atoms with Gasteiger partial charge in [-0.2, -0.15) is 5.10 Å². The van der Waals surface area contributed by atoms with Crippen LogP contribution in [-0.4, -0.2) is 58.3 Å². The van der Waals surface area contributed by atoms with E-state index < -0.39 is 27.4 Å². The van der Waals surface area contributed by atoms with Crippen LogP contribution >= 0.6 is 23.2 Å². The highest BCUT2D eigenvalue weighted by Gasteiger charge is 2.28. The molecule has 0 aromatic heterocycles. The van der Waals surface area contributed by atoms with Gasteiger partial charge < -0.3 is 9.64 Å². The van der Waals surface area contributed by atoms with E-state index in [-0.39, 0.29) is 26.3 Å². The molecule has 3 aromatic rings. The maximum Gasteiger partial charge on any atom is 0.270 e. The number of ether oxygens (including phenoxy) is 1. The van der Waals surface area contributed by atoms with Crippen molar-refractivity contribution in [1.29, 1.82) is 0 Å². The third-order valence-corrected chi connectivity index (χ3v) is 8.22. The maximum atomic E-state index is 13.6. The van der Waals surface area contributed by atoms with Crippen LogP contribution in [0.2, 0.25) is 10.0 Å². The van der Waals surface area contributed by atoms with E-state index in [1.54, 1.807) is 18.2 Å². The van der Waals surface area contributed by atoms with Gasteiger partial charge in [-0.05, 0) is 43.3 Å². The van der Waals surface area contributed by atoms with Crippen molar-refractivity contribution < 1.29 is 22.9 Å². The number of rotatable bonds is 9. The van der Waals surface area contributed by atoms with Crippen LogP contribution in [0, 0.1) is 17.0 Å². The molecule has 1 heterocycles. The van der Waals surface area contributed by atoms with Crippen LogP contribution in [0.4, 0.5) is 17.1 Å². The average Bonchev–Trinajstić information content (AvgIpc) is 2.91. The second kappa shape index (κ2) is 12.6. The summed E-state index contributed by atoms with van der Waals surface area (Å²) in [6.45, 7) is 3.35. The van der Waals surface area contributed by atoms with Gasteiger partial charge in [0.05, 0.1) is 34.9 Å². The highest BCUT2D eigenvalue weighted by atomic mass is 35.5. The number of nitrogens with zero attached hydrogens (tertiary/aromatic N) is 4. The highest BCUT2D eigenvalue weighted by molar-refractivity contribution is 7.92. The molecule has 0 atom stereocenters. The topological polar surface area (TPSA) is 134 Å². The molecule has 40 heavy (non-hydrogen) atoms. The third kappa shape index (κ3) is 7.07. The molecule has 0 bridgehead atoms. The number of nitro groups is 1. The van der Waals surface area contributed by atoms with E-state index in [1.165, 1.54) is 48.7 Å². The van der Waals surface area contributed by atoms with Crippen LogP contribution in [0.15, 0.2) is 70.7 Å². The number of carbonyl (C=O) groups excluding carboxylic acids is 1. The Labute approximate surface area is 241 Å². The van der Waals surface area contributed by atoms with Crippen molar-refractivity contribution in [2.75, 3.05) is 42.1 Å². The van der Waals surface area contributed by atoms with Crippen molar-refractivity contribution in [2.45, 2.75) is 11.8 Å². The zero-order valence-electron chi connectivity index (χ0n) is 21.3. The number of hydrogen-bond donors (Lipinski definition) is 1. The molecule has 4 rings (SSSR count). The van der Waals surface area contributed by atoms with E-state index in [2.05, 4.69) is 10.5 Å². The molecule has 11 nitrogen and oxygen atoms in total. The Morgan fingerprint density at radius 1 is 1.10 bits per heavy atom. The number of amides is 1. The lowest BCUT2D eigenvalue weighted by molar-refractivity contribution is -0.384. The van der Waals surface area contributed by atoms with Crippen molar-refractivity contribution in [3.8, 4) is 0 Å². The summed E-state index contributed by atoms with van der Waals surface area (Å²) < 4.78 is 33.4. The van der Waals surface area contributed by atoms with Gasteiger partial charge in [-0.3, -0.25) is 19.2 Å². The summed E-state index contributed by atoms with van der Waals surface area (Å²) >= 11 is 12.2. The van der Waals surface area contributed by atoms with Crippen molar-refractivity contribution >= 4 is 62.4 Å². The number of sulfonamides is 1. The number of anilines is 2. The Bertz CT molecular complexity index is 1520. The van der Waals surface area contributed by atoms with Gasteiger partial charge in [0.15, 0.2) is 0 Å². The molecule has 1 aliphatic rings. The number of nitrogens with one attached hydrogen (secondary N) is 1. The number of hydrogen-bond acceptors (Lipinski definition) is 8. The molecular weight excluding hydrogens is 581 g/mol. The van der Waals surface area contributed by atoms with Crippen LogP contribution in [0.5, 0.6) is 0 Å². The lowest BCUT2D eigenvalue weighted by Gasteiger charge is -2.29. The molecule has 0 radical (unpaired) electrons. The largest absolute Gasteiger partial charge is 0.378 e. The zero-order valence-corrected chi connectivity index (χ0v) is 23.6. The minimum absolute atomic E-state index is 0.0303. The molecule has 1 N–H and O–H groups in total. The Kier molecular flexibility index (Phi) is 9.25. The van der Waals surface area contributed by atoms with Gasteiger partial charge in [0.1, 0.15) is 6.54 Å². The van der Waals surface area contributed by atoms with Gasteiger partial charge in [0.2, 0.25) is 0 Å². The molecule has 0 unspecified atom stereocenters. The predicted molar refractivity (Wildman–Crippen MR) is 154 cm³/mol. The lowest BCUT2D eigenvalue weighted by atomic mass is 10.1. The molecule has 14 heteroatoms. The van der Waals surface area contributed by atoms with Gasteiger partial charge in [-0.1, -0.05) is 40.9 Å². The van der Waals surface area contributed by atoms with E-state index in [0.29, 0.717) is 37.6 Å². The first kappa shape index (κ1) is 29.3. The first-order chi connectivity index (χ1) is 19.0. The van der Waals surface area contributed by atoms with E-state index in [0.717, 1.165) is 9.87 Å². The predicted octanol–water partition coefficient (Wildman–Crippen LogP) is 4.39. The zero-order chi connectivity index (χ0) is 28.9. The van der Waals surface area contributed by atoms with Crippen molar-refractivity contribution in [3.05, 3.63) is 92.0 Å². The van der Waals surface area contributed by atoms with Crippen LogP contribution < -0.4 is 14.6 Å². The van der Waals surface area contributed by atoms with Crippen LogP contribution in [0.1, 0.15) is 11.1 Å². The van der Waals surface area contributed by atoms with Gasteiger partial charge in [0, 0.05) is 46.5 Å². The van der Waals surface area contributed by atoms with Gasteiger partial charge >= 0.3 is 0 Å². The van der Waals surface area contributed by atoms with Crippen molar-refractivity contribution in [3.63, 3.8) is 0 Å². The number of non-ortho nitro benzene ring substituents is 1. The molecule has 3 aromatic carbocycles. The molecule has 0 spiro atoms. The Morgan fingerprint density at radius 2 is 1.75 bits per heavy atom. The Hall–Kier alpha value is -3.71. The number of carbonyl (C=O) groups is 1. The number of benzene rings is 3. The molecule has 210 valence electrons. The Morgan fingerprint density at radius 3 is 2.38 bits per heavy atom. The molecule has 1 amide bonds. The third-order valence-electron chi connectivity index (χ3n) is 6.00. The number of nitro benzene ring substituents is 1. The van der Waals surface area contributed by atoms with Crippen LogP contribution in [0.25, 0.3) is 0 Å². The Balaban J connectivity index is 1.60. The quantitative estimate of drug-likeness (QED) is 0.217. The maximum absolute atomic E-state index is 13.6. The first-order valence-corrected chi connectivity index (χ1v) is 14.2. The summed E-state index contributed by atoms with van der Waals surface area (Å²) in [7, 11) is -4.20. The van der Waals surface area contributed by atoms with Crippen LogP contribution in [0.3, 0.4) is 0 Å². The van der Waals surface area contributed by atoms with Crippen LogP contribution in [-0.2, 0) is 19.6 Å². The second-order valence-corrected chi connectivity index (χ2v) is 11.6. The minimum atomic E-state index is -4.20. The fourth-order valence-corrected chi connectivity index (χ4v) is 5.95. The van der Waals surface area contributed by atoms with Crippen molar-refractivity contribution in [1.82, 2.24) is 5.43 Å². The smallest absolute Gasteiger partial charge is 0.270 e. The van der Waals surface area contributed by atoms with Gasteiger partial charge in [-0.25, -0.2) is 13.8 Å². The summed E-state index contributed by atoms with van der Waals surface area (Å²) in [5.74, 6) is -0.763. The monoisotopic (exact) mass is 605 g/mol. The number of morpholine rings is 1. The van der Waals surface area contributed by atoms with E-state index in [1.807, 2.05) is 11.8 Å².